The second kappa shape index (κ2) is 5.40. The molecule has 1 unspecified atom stereocenters. The summed E-state index contributed by atoms with van der Waals surface area (Å²) in [7, 11) is 0. The Hall–Kier alpha value is -1.62. The van der Waals surface area contributed by atoms with Crippen molar-refractivity contribution in [3.8, 4) is 0 Å². The van der Waals surface area contributed by atoms with E-state index in [1.165, 1.54) is 0 Å². The molecule has 0 bridgehead atoms. The van der Waals surface area contributed by atoms with Crippen molar-refractivity contribution in [1.29, 1.82) is 0 Å². The van der Waals surface area contributed by atoms with Crippen molar-refractivity contribution in [3.63, 3.8) is 0 Å². The third-order valence-electron chi connectivity index (χ3n) is 3.80. The molecule has 2 rings (SSSR count). The molecule has 1 heterocycles. The Labute approximate surface area is 119 Å². The van der Waals surface area contributed by atoms with Gasteiger partial charge in [-0.15, -0.1) is 0 Å². The lowest BCUT2D eigenvalue weighted by molar-refractivity contribution is -0.168. The Balaban J connectivity index is 2.25. The van der Waals surface area contributed by atoms with Crippen LogP contribution in [0.15, 0.2) is 24.5 Å². The van der Waals surface area contributed by atoms with E-state index in [9.17, 15) is 9.90 Å². The Bertz CT molecular complexity index is 511. The number of rotatable bonds is 5. The highest BCUT2D eigenvalue weighted by molar-refractivity contribution is 5.80. The molecule has 110 valence electrons. The molecular weight excluding hydrogens is 256 g/mol. The molecule has 0 amide bonds. The minimum atomic E-state index is -0.903. The van der Waals surface area contributed by atoms with E-state index in [0.717, 1.165) is 5.57 Å². The molecule has 5 nitrogen and oxygen atoms in total. The number of nitrogens with zero attached hydrogens (tertiary/aromatic N) is 2. The van der Waals surface area contributed by atoms with E-state index in [1.807, 2.05) is 13.8 Å². The van der Waals surface area contributed by atoms with E-state index in [4.69, 9.17) is 4.74 Å². The fourth-order valence-corrected chi connectivity index (χ4v) is 2.66. The van der Waals surface area contributed by atoms with Gasteiger partial charge in [-0.1, -0.05) is 12.2 Å². The Morgan fingerprint density at radius 1 is 1.60 bits per heavy atom. The van der Waals surface area contributed by atoms with E-state index < -0.39 is 11.5 Å². The molecule has 1 atom stereocenters. The molecular formula is C15H22N2O3. The number of ether oxygens (including phenoxy) is 1. The second-order valence-electron chi connectivity index (χ2n) is 5.73. The molecule has 1 aromatic rings. The van der Waals surface area contributed by atoms with Crippen LogP contribution in [0, 0.1) is 5.41 Å². The van der Waals surface area contributed by atoms with Crippen LogP contribution < -0.4 is 0 Å². The van der Waals surface area contributed by atoms with Crippen molar-refractivity contribution < 1.29 is 14.6 Å². The number of esters is 1. The van der Waals surface area contributed by atoms with Crippen molar-refractivity contribution in [2.45, 2.75) is 45.8 Å². The van der Waals surface area contributed by atoms with Crippen molar-refractivity contribution in [1.82, 2.24) is 9.78 Å². The first-order chi connectivity index (χ1) is 9.40. The first kappa shape index (κ1) is 14.8. The fraction of sp³-hybridized carbons (Fsp3) is 0.600. The van der Waals surface area contributed by atoms with Crippen LogP contribution in [0.25, 0.3) is 0 Å². The summed E-state index contributed by atoms with van der Waals surface area (Å²) in [4.78, 5) is 12.2. The number of carbonyl (C=O) groups excluding carboxylic acids is 1. The van der Waals surface area contributed by atoms with Gasteiger partial charge in [0.15, 0.2) is 0 Å². The van der Waals surface area contributed by atoms with E-state index in [0.29, 0.717) is 25.0 Å². The molecule has 0 aromatic carbocycles. The minimum absolute atomic E-state index is 0.214. The van der Waals surface area contributed by atoms with Gasteiger partial charge in [-0.3, -0.25) is 9.48 Å². The molecule has 1 saturated carbocycles. The van der Waals surface area contributed by atoms with Gasteiger partial charge in [0, 0.05) is 17.8 Å². The van der Waals surface area contributed by atoms with E-state index in [2.05, 4.69) is 11.7 Å². The molecule has 0 spiro atoms. The van der Waals surface area contributed by atoms with E-state index in [1.54, 1.807) is 24.0 Å². The number of aliphatic hydroxyl groups is 1. The molecule has 0 aliphatic heterocycles. The highest BCUT2D eigenvalue weighted by Crippen LogP contribution is 2.53. The van der Waals surface area contributed by atoms with Gasteiger partial charge in [0.1, 0.15) is 5.41 Å². The van der Waals surface area contributed by atoms with Gasteiger partial charge < -0.3 is 9.84 Å². The fourth-order valence-electron chi connectivity index (χ4n) is 2.66. The zero-order valence-electron chi connectivity index (χ0n) is 12.3. The number of aromatic nitrogens is 2. The third-order valence-corrected chi connectivity index (χ3v) is 3.80. The van der Waals surface area contributed by atoms with E-state index in [-0.39, 0.29) is 12.0 Å². The Kier molecular flexibility index (Phi) is 3.99. The summed E-state index contributed by atoms with van der Waals surface area (Å²) in [5, 5.41) is 14.8. The van der Waals surface area contributed by atoms with Crippen LogP contribution in [0.5, 0.6) is 0 Å². The summed E-state index contributed by atoms with van der Waals surface area (Å²) in [6.07, 6.45) is 3.45. The second-order valence-corrected chi connectivity index (χ2v) is 5.73. The highest BCUT2D eigenvalue weighted by Gasteiger charge is 2.54. The Morgan fingerprint density at radius 2 is 2.25 bits per heavy atom. The van der Waals surface area contributed by atoms with Gasteiger partial charge in [0.25, 0.3) is 0 Å². The van der Waals surface area contributed by atoms with Gasteiger partial charge >= 0.3 is 5.97 Å². The maximum absolute atomic E-state index is 12.2. The average Bonchev–Trinajstić information content (AvgIpc) is 2.83. The van der Waals surface area contributed by atoms with Crippen molar-refractivity contribution in [3.05, 3.63) is 30.1 Å². The third kappa shape index (κ3) is 2.38. The van der Waals surface area contributed by atoms with Crippen LogP contribution in [0.1, 0.15) is 51.3 Å². The van der Waals surface area contributed by atoms with E-state index >= 15 is 0 Å². The highest BCUT2D eigenvalue weighted by atomic mass is 16.5. The molecule has 1 aromatic heterocycles. The van der Waals surface area contributed by atoms with Crippen LogP contribution in [-0.4, -0.2) is 27.5 Å². The lowest BCUT2D eigenvalue weighted by atomic mass is 9.61. The maximum atomic E-state index is 12.2. The van der Waals surface area contributed by atoms with Crippen LogP contribution in [0.2, 0.25) is 0 Å². The zero-order chi connectivity index (χ0) is 14.9. The number of aliphatic hydroxyl groups excluding tert-OH is 1. The van der Waals surface area contributed by atoms with Crippen LogP contribution in [0.4, 0.5) is 0 Å². The summed E-state index contributed by atoms with van der Waals surface area (Å²) in [5.41, 5.74) is 0.727. The number of allylic oxidation sites excluding steroid dienone is 1. The van der Waals surface area contributed by atoms with Gasteiger partial charge in [-0.2, -0.15) is 5.10 Å². The smallest absolute Gasteiger partial charge is 0.315 e. The van der Waals surface area contributed by atoms with Crippen LogP contribution in [0.3, 0.4) is 0 Å². The van der Waals surface area contributed by atoms with Crippen molar-refractivity contribution in [2.75, 3.05) is 6.61 Å². The first-order valence-electron chi connectivity index (χ1n) is 6.96. The molecule has 20 heavy (non-hydrogen) atoms. The number of hydrogen-bond acceptors (Lipinski definition) is 4. The van der Waals surface area contributed by atoms with Crippen molar-refractivity contribution in [2.24, 2.45) is 5.41 Å². The normalized spacial score (nSPS) is 18.8. The lowest BCUT2D eigenvalue weighted by Gasteiger charge is -2.44. The standard InChI is InChI=1S/C15H22N2O3/c1-5-20-14(19)15(6-11(4)7-15)13(18)12-8-16-17(9-12)10(2)3/h8-10,13,18H,4-7H2,1-3H3. The summed E-state index contributed by atoms with van der Waals surface area (Å²) >= 11 is 0. The topological polar surface area (TPSA) is 64.3 Å². The van der Waals surface area contributed by atoms with Crippen LogP contribution >= 0.6 is 0 Å². The minimum Gasteiger partial charge on any atom is -0.465 e. The predicted octanol–water partition coefficient (Wildman–Crippen LogP) is 2.40. The molecule has 0 saturated heterocycles. The monoisotopic (exact) mass is 278 g/mol. The first-order valence-corrected chi connectivity index (χ1v) is 6.96. The maximum Gasteiger partial charge on any atom is 0.315 e. The molecule has 0 radical (unpaired) electrons. The Morgan fingerprint density at radius 3 is 2.70 bits per heavy atom. The quantitative estimate of drug-likeness (QED) is 0.663. The largest absolute Gasteiger partial charge is 0.465 e. The zero-order valence-corrected chi connectivity index (χ0v) is 12.3. The number of hydrogen-bond donors (Lipinski definition) is 1. The van der Waals surface area contributed by atoms with Gasteiger partial charge in [0.2, 0.25) is 0 Å². The lowest BCUT2D eigenvalue weighted by Crippen LogP contribution is -2.45. The molecule has 1 fully saturated rings. The van der Waals surface area contributed by atoms with Gasteiger partial charge in [0.05, 0.1) is 18.9 Å². The van der Waals surface area contributed by atoms with Gasteiger partial charge in [-0.05, 0) is 33.6 Å². The molecule has 1 N–H and O–H groups in total. The van der Waals surface area contributed by atoms with Crippen LogP contribution in [-0.2, 0) is 9.53 Å². The molecule has 5 heteroatoms. The number of carbonyl (C=O) groups is 1. The molecule has 1 aliphatic rings. The molecule has 1 aliphatic carbocycles. The van der Waals surface area contributed by atoms with Gasteiger partial charge in [-0.25, -0.2) is 0 Å². The predicted molar refractivity (Wildman–Crippen MR) is 75.0 cm³/mol. The summed E-state index contributed by atoms with van der Waals surface area (Å²) in [6, 6.07) is 0.214. The SMILES string of the molecule is C=C1CC(C(=O)OCC)(C(O)c2cnn(C(C)C)c2)C1. The average molecular weight is 278 g/mol. The summed E-state index contributed by atoms with van der Waals surface area (Å²) < 4.78 is 6.90. The summed E-state index contributed by atoms with van der Waals surface area (Å²) in [6.45, 7) is 9.96. The van der Waals surface area contributed by atoms with Crippen molar-refractivity contribution >= 4 is 5.97 Å². The summed E-state index contributed by atoms with van der Waals surface area (Å²) in [5.74, 6) is -0.350.